The van der Waals surface area contributed by atoms with Crippen molar-refractivity contribution >= 4 is 23.4 Å². The average Bonchev–Trinajstić information content (AvgIpc) is 3.30. The van der Waals surface area contributed by atoms with Crippen LogP contribution in [0.15, 0.2) is 54.6 Å². The molecule has 0 radical (unpaired) electrons. The number of benzene rings is 2. The Kier molecular flexibility index (Phi) is 6.06. The van der Waals surface area contributed by atoms with Gasteiger partial charge in [0, 0.05) is 18.9 Å². The highest BCUT2D eigenvalue weighted by Crippen LogP contribution is 2.44. The zero-order valence-electron chi connectivity index (χ0n) is 17.0. The third kappa shape index (κ3) is 4.47. The van der Waals surface area contributed by atoms with Crippen LogP contribution in [0.5, 0.6) is 0 Å². The Balaban J connectivity index is 1.29. The Labute approximate surface area is 184 Å². The van der Waals surface area contributed by atoms with Crippen molar-refractivity contribution in [3.8, 4) is 23.0 Å². The molecule has 4 rings (SSSR count). The van der Waals surface area contributed by atoms with Gasteiger partial charge in [0.05, 0.1) is 4.88 Å². The summed E-state index contributed by atoms with van der Waals surface area (Å²) in [6, 6.07) is 18.0. The first-order valence-corrected chi connectivity index (χ1v) is 10.8. The van der Waals surface area contributed by atoms with Gasteiger partial charge in [0.15, 0.2) is 0 Å². The monoisotopic (exact) mass is 431 g/mol. The maximum atomic E-state index is 12.1. The number of carboxylic acid groups (broad SMARTS) is 1. The Morgan fingerprint density at radius 3 is 2.35 bits per heavy atom. The van der Waals surface area contributed by atoms with Crippen molar-refractivity contribution in [1.29, 1.82) is 0 Å². The standard InChI is InChI=1S/C25H21NO4S/c1-16-14-23(24(27)28)31-22(16)12-6-7-13-26-25(29)30-15-21-19-10-4-2-8-17(19)18-9-3-5-11-20(18)21/h2-5,8-11,14,21H,7,13,15H2,1H3,(H,26,29)(H,27,28). The second kappa shape index (κ2) is 9.07. The number of fused-ring (bicyclic) bond motifs is 3. The number of ether oxygens (including phenoxy) is 1. The highest BCUT2D eigenvalue weighted by atomic mass is 32.1. The zero-order valence-corrected chi connectivity index (χ0v) is 17.8. The summed E-state index contributed by atoms with van der Waals surface area (Å²) >= 11 is 1.16. The molecule has 0 fully saturated rings. The van der Waals surface area contributed by atoms with E-state index in [2.05, 4.69) is 41.4 Å². The quantitative estimate of drug-likeness (QED) is 0.439. The fraction of sp³-hybridized carbons (Fsp3) is 0.200. The number of thiophene rings is 1. The zero-order chi connectivity index (χ0) is 21.8. The third-order valence-corrected chi connectivity index (χ3v) is 6.33. The maximum absolute atomic E-state index is 12.1. The Bertz CT molecular complexity index is 1160. The number of carbonyl (C=O) groups is 2. The van der Waals surface area contributed by atoms with Gasteiger partial charge in [-0.3, -0.25) is 0 Å². The van der Waals surface area contributed by atoms with E-state index in [-0.39, 0.29) is 17.4 Å². The van der Waals surface area contributed by atoms with Gasteiger partial charge in [-0.15, -0.1) is 11.3 Å². The largest absolute Gasteiger partial charge is 0.477 e. The number of carbonyl (C=O) groups excluding carboxylic acids is 1. The molecule has 31 heavy (non-hydrogen) atoms. The normalized spacial score (nSPS) is 11.8. The fourth-order valence-corrected chi connectivity index (χ4v) is 4.62. The molecule has 1 aliphatic rings. The Morgan fingerprint density at radius 2 is 1.74 bits per heavy atom. The molecule has 1 aliphatic carbocycles. The summed E-state index contributed by atoms with van der Waals surface area (Å²) in [5.74, 6) is 5.03. The fourth-order valence-electron chi connectivity index (χ4n) is 3.73. The van der Waals surface area contributed by atoms with E-state index in [1.165, 1.54) is 22.3 Å². The molecule has 0 saturated heterocycles. The molecule has 5 nitrogen and oxygen atoms in total. The number of nitrogens with one attached hydrogen (secondary N) is 1. The summed E-state index contributed by atoms with van der Waals surface area (Å²) < 4.78 is 5.49. The molecule has 1 aromatic heterocycles. The molecule has 0 aliphatic heterocycles. The molecule has 0 bridgehead atoms. The van der Waals surface area contributed by atoms with Crippen LogP contribution in [0.4, 0.5) is 4.79 Å². The van der Waals surface area contributed by atoms with E-state index in [0.717, 1.165) is 21.8 Å². The van der Waals surface area contributed by atoms with Crippen molar-refractivity contribution in [2.75, 3.05) is 13.2 Å². The van der Waals surface area contributed by atoms with Gasteiger partial charge in [0.1, 0.15) is 11.5 Å². The Hall–Kier alpha value is -3.56. The van der Waals surface area contributed by atoms with Crippen LogP contribution in [-0.2, 0) is 4.74 Å². The number of rotatable bonds is 5. The SMILES string of the molecule is Cc1cc(C(=O)O)sc1C#CCCNC(=O)OCC1c2ccccc2-c2ccccc21. The molecule has 1 amide bonds. The minimum Gasteiger partial charge on any atom is -0.477 e. The highest BCUT2D eigenvalue weighted by molar-refractivity contribution is 7.14. The van der Waals surface area contributed by atoms with Crippen molar-refractivity contribution < 1.29 is 19.4 Å². The lowest BCUT2D eigenvalue weighted by molar-refractivity contribution is 0.0702. The first kappa shape index (κ1) is 20.7. The minimum atomic E-state index is -0.946. The molecule has 0 unspecified atom stereocenters. The first-order valence-electron chi connectivity index (χ1n) is 9.96. The van der Waals surface area contributed by atoms with Crippen molar-refractivity contribution in [3.63, 3.8) is 0 Å². The van der Waals surface area contributed by atoms with Crippen LogP contribution in [0.2, 0.25) is 0 Å². The number of aromatic carboxylic acids is 1. The second-order valence-electron chi connectivity index (χ2n) is 7.23. The number of hydrogen-bond donors (Lipinski definition) is 2. The lowest BCUT2D eigenvalue weighted by atomic mass is 9.98. The number of aryl methyl sites for hydroxylation is 1. The lowest BCUT2D eigenvalue weighted by Gasteiger charge is -2.14. The molecule has 156 valence electrons. The Morgan fingerprint density at radius 1 is 1.10 bits per heavy atom. The van der Waals surface area contributed by atoms with Crippen molar-refractivity contribution in [3.05, 3.63) is 81.0 Å². The average molecular weight is 432 g/mol. The van der Waals surface area contributed by atoms with E-state index >= 15 is 0 Å². The van der Waals surface area contributed by atoms with Crippen molar-refractivity contribution in [2.24, 2.45) is 0 Å². The lowest BCUT2D eigenvalue weighted by Crippen LogP contribution is -2.26. The van der Waals surface area contributed by atoms with Crippen LogP contribution in [0.1, 0.15) is 43.6 Å². The van der Waals surface area contributed by atoms with Crippen LogP contribution >= 0.6 is 11.3 Å². The predicted molar refractivity (Wildman–Crippen MR) is 121 cm³/mol. The van der Waals surface area contributed by atoms with Crippen LogP contribution in [0, 0.1) is 18.8 Å². The molecule has 0 saturated carbocycles. The summed E-state index contributed by atoms with van der Waals surface area (Å²) in [6.45, 7) is 2.47. The maximum Gasteiger partial charge on any atom is 0.407 e. The van der Waals surface area contributed by atoms with Gasteiger partial charge >= 0.3 is 12.1 Å². The van der Waals surface area contributed by atoms with Gasteiger partial charge in [-0.1, -0.05) is 60.4 Å². The molecular weight excluding hydrogens is 410 g/mol. The minimum absolute atomic E-state index is 0.0307. The van der Waals surface area contributed by atoms with Gasteiger partial charge in [-0.25, -0.2) is 9.59 Å². The smallest absolute Gasteiger partial charge is 0.407 e. The van der Waals surface area contributed by atoms with E-state index < -0.39 is 12.1 Å². The predicted octanol–water partition coefficient (Wildman–Crippen LogP) is 5.04. The van der Waals surface area contributed by atoms with Gasteiger partial charge in [0.2, 0.25) is 0 Å². The second-order valence-corrected chi connectivity index (χ2v) is 8.28. The topological polar surface area (TPSA) is 75.6 Å². The summed E-state index contributed by atoms with van der Waals surface area (Å²) in [5.41, 5.74) is 5.58. The van der Waals surface area contributed by atoms with Crippen molar-refractivity contribution in [1.82, 2.24) is 5.32 Å². The molecule has 1 heterocycles. The van der Waals surface area contributed by atoms with Gasteiger partial charge in [0.25, 0.3) is 0 Å². The van der Waals surface area contributed by atoms with Crippen LogP contribution in [0.3, 0.4) is 0 Å². The van der Waals surface area contributed by atoms with E-state index in [1.54, 1.807) is 6.07 Å². The summed E-state index contributed by atoms with van der Waals surface area (Å²) in [4.78, 5) is 24.2. The molecule has 0 atom stereocenters. The van der Waals surface area contributed by atoms with Crippen LogP contribution < -0.4 is 5.32 Å². The van der Waals surface area contributed by atoms with E-state index in [9.17, 15) is 9.59 Å². The van der Waals surface area contributed by atoms with E-state index in [0.29, 0.717) is 13.0 Å². The summed E-state index contributed by atoms with van der Waals surface area (Å²) in [7, 11) is 0. The highest BCUT2D eigenvalue weighted by Gasteiger charge is 2.28. The van der Waals surface area contributed by atoms with Gasteiger partial charge in [-0.05, 0) is 40.8 Å². The summed E-state index contributed by atoms with van der Waals surface area (Å²) in [6.07, 6.45) is -0.0200. The van der Waals surface area contributed by atoms with E-state index in [1.807, 2.05) is 31.2 Å². The first-order chi connectivity index (χ1) is 15.0. The van der Waals surface area contributed by atoms with Gasteiger partial charge in [-0.2, -0.15) is 0 Å². The molecule has 2 aromatic carbocycles. The molecule has 6 heteroatoms. The summed E-state index contributed by atoms with van der Waals surface area (Å²) in [5, 5.41) is 11.8. The van der Waals surface area contributed by atoms with Crippen molar-refractivity contribution in [2.45, 2.75) is 19.3 Å². The molecule has 2 N–H and O–H groups in total. The molecule has 3 aromatic rings. The number of amides is 1. The number of alkyl carbamates (subject to hydrolysis) is 1. The van der Waals surface area contributed by atoms with Gasteiger partial charge < -0.3 is 15.2 Å². The van der Waals surface area contributed by atoms with E-state index in [4.69, 9.17) is 9.84 Å². The molecule has 0 spiro atoms. The third-order valence-electron chi connectivity index (χ3n) is 5.19. The van der Waals surface area contributed by atoms with Crippen LogP contribution in [0.25, 0.3) is 11.1 Å². The molecular formula is C25H21NO4S. The number of carboxylic acids is 1. The van der Waals surface area contributed by atoms with Crippen LogP contribution in [-0.4, -0.2) is 30.3 Å². The number of hydrogen-bond acceptors (Lipinski definition) is 4.